The van der Waals surface area contributed by atoms with E-state index in [0.29, 0.717) is 10.6 Å². The van der Waals surface area contributed by atoms with E-state index in [1.165, 1.54) is 17.2 Å². The minimum absolute atomic E-state index is 0.152. The van der Waals surface area contributed by atoms with Gasteiger partial charge in [-0.05, 0) is 44.5 Å². The fourth-order valence-electron chi connectivity index (χ4n) is 2.61. The summed E-state index contributed by atoms with van der Waals surface area (Å²) in [4.78, 5) is 0. The summed E-state index contributed by atoms with van der Waals surface area (Å²) in [5.41, 5.74) is 4.09. The summed E-state index contributed by atoms with van der Waals surface area (Å²) in [6.07, 6.45) is 0.997. The summed E-state index contributed by atoms with van der Waals surface area (Å²) in [5, 5.41) is 3.86. The molecule has 3 heteroatoms. The molecule has 1 unspecified atom stereocenters. The molecule has 0 bridgehead atoms. The van der Waals surface area contributed by atoms with Crippen LogP contribution in [-0.2, 0) is 0 Å². The molecule has 0 aliphatic carbocycles. The largest absolute Gasteiger partial charge is 0.306 e. The van der Waals surface area contributed by atoms with Gasteiger partial charge in [-0.3, -0.25) is 0 Å². The Morgan fingerprint density at radius 3 is 2.33 bits per heavy atom. The molecule has 0 aliphatic rings. The number of rotatable bonds is 5. The maximum Gasteiger partial charge on any atom is 0.129 e. The van der Waals surface area contributed by atoms with Crippen LogP contribution in [0.2, 0.25) is 5.02 Å². The highest BCUT2D eigenvalue weighted by Crippen LogP contribution is 2.27. The molecule has 2 rings (SSSR count). The highest BCUT2D eigenvalue weighted by molar-refractivity contribution is 6.30. The second-order valence-electron chi connectivity index (χ2n) is 5.47. The summed E-state index contributed by atoms with van der Waals surface area (Å²) in [6, 6.07) is 11.1. The van der Waals surface area contributed by atoms with Gasteiger partial charge in [0.25, 0.3) is 0 Å². The Balaban J connectivity index is 2.46. The van der Waals surface area contributed by atoms with Crippen molar-refractivity contribution in [2.45, 2.75) is 33.2 Å². The Hall–Kier alpha value is -1.38. The van der Waals surface area contributed by atoms with E-state index in [9.17, 15) is 4.39 Å². The van der Waals surface area contributed by atoms with Crippen LogP contribution in [-0.4, -0.2) is 6.54 Å². The van der Waals surface area contributed by atoms with E-state index in [2.05, 4.69) is 44.3 Å². The monoisotopic (exact) mass is 305 g/mol. The lowest BCUT2D eigenvalue weighted by atomic mass is 9.95. The molecule has 0 radical (unpaired) electrons. The average molecular weight is 306 g/mol. The molecule has 2 aromatic carbocycles. The third-order valence-electron chi connectivity index (χ3n) is 3.45. The first kappa shape index (κ1) is 16.0. The maximum absolute atomic E-state index is 14.3. The van der Waals surface area contributed by atoms with Crippen molar-refractivity contribution in [3.8, 4) is 0 Å². The molecule has 0 saturated heterocycles. The van der Waals surface area contributed by atoms with Crippen molar-refractivity contribution in [1.29, 1.82) is 0 Å². The number of aryl methyl sites for hydroxylation is 2. The van der Waals surface area contributed by atoms with Gasteiger partial charge in [0, 0.05) is 10.6 Å². The van der Waals surface area contributed by atoms with E-state index < -0.39 is 0 Å². The van der Waals surface area contributed by atoms with Crippen molar-refractivity contribution < 1.29 is 4.39 Å². The number of nitrogens with one attached hydrogen (secondary N) is 1. The van der Waals surface area contributed by atoms with Crippen LogP contribution in [0.15, 0.2) is 36.4 Å². The van der Waals surface area contributed by atoms with Gasteiger partial charge in [0.05, 0.1) is 6.04 Å². The summed E-state index contributed by atoms with van der Waals surface area (Å²) in [5.74, 6) is -0.268. The minimum Gasteiger partial charge on any atom is -0.306 e. The van der Waals surface area contributed by atoms with Gasteiger partial charge in [0.15, 0.2) is 0 Å². The predicted molar refractivity (Wildman–Crippen MR) is 87.5 cm³/mol. The number of hydrogen-bond donors (Lipinski definition) is 1. The molecule has 112 valence electrons. The van der Waals surface area contributed by atoms with Crippen molar-refractivity contribution in [1.82, 2.24) is 5.32 Å². The first-order chi connectivity index (χ1) is 10.0. The highest BCUT2D eigenvalue weighted by Gasteiger charge is 2.18. The van der Waals surface area contributed by atoms with Crippen LogP contribution in [0.3, 0.4) is 0 Å². The van der Waals surface area contributed by atoms with Crippen molar-refractivity contribution in [3.63, 3.8) is 0 Å². The number of benzene rings is 2. The maximum atomic E-state index is 14.3. The van der Waals surface area contributed by atoms with Crippen LogP contribution in [0.4, 0.5) is 4.39 Å². The van der Waals surface area contributed by atoms with E-state index >= 15 is 0 Å². The van der Waals surface area contributed by atoms with E-state index in [1.807, 2.05) is 0 Å². The van der Waals surface area contributed by atoms with Crippen molar-refractivity contribution >= 4 is 11.6 Å². The Morgan fingerprint density at radius 2 is 1.76 bits per heavy atom. The molecule has 2 aromatic rings. The molecule has 0 spiro atoms. The third-order valence-corrected chi connectivity index (χ3v) is 3.68. The van der Waals surface area contributed by atoms with Crippen LogP contribution in [0.1, 0.15) is 41.6 Å². The summed E-state index contributed by atoms with van der Waals surface area (Å²) < 4.78 is 14.3. The Morgan fingerprint density at radius 1 is 1.10 bits per heavy atom. The van der Waals surface area contributed by atoms with E-state index in [0.717, 1.165) is 18.5 Å². The summed E-state index contributed by atoms with van der Waals surface area (Å²) in [7, 11) is 0. The van der Waals surface area contributed by atoms with Gasteiger partial charge in [-0.15, -0.1) is 0 Å². The molecule has 0 aliphatic heterocycles. The zero-order chi connectivity index (χ0) is 15.4. The predicted octanol–water partition coefficient (Wildman–Crippen LogP) is 5.18. The molecular weight excluding hydrogens is 285 g/mol. The molecule has 1 nitrogen and oxygen atoms in total. The smallest absolute Gasteiger partial charge is 0.129 e. The second-order valence-corrected chi connectivity index (χ2v) is 5.91. The Bertz CT molecular complexity index is 604. The van der Waals surface area contributed by atoms with Crippen molar-refractivity contribution in [2.75, 3.05) is 6.54 Å². The quantitative estimate of drug-likeness (QED) is 0.802. The zero-order valence-corrected chi connectivity index (χ0v) is 13.5. The first-order valence-electron chi connectivity index (χ1n) is 7.27. The molecule has 0 aromatic heterocycles. The fraction of sp³-hybridized carbons (Fsp3) is 0.333. The van der Waals surface area contributed by atoms with E-state index in [1.54, 1.807) is 12.1 Å². The minimum atomic E-state index is -0.268. The van der Waals surface area contributed by atoms with Crippen LogP contribution < -0.4 is 5.32 Å². The van der Waals surface area contributed by atoms with Crippen molar-refractivity contribution in [3.05, 3.63) is 69.5 Å². The van der Waals surface area contributed by atoms with E-state index in [4.69, 9.17) is 11.6 Å². The number of halogens is 2. The molecule has 0 saturated carbocycles. The third kappa shape index (κ3) is 4.05. The SMILES string of the molecule is CCCNC(c1cc(C)cc(C)c1)c1ccc(Cl)cc1F. The topological polar surface area (TPSA) is 12.0 Å². The Kier molecular flexibility index (Phi) is 5.38. The summed E-state index contributed by atoms with van der Waals surface area (Å²) in [6.45, 7) is 7.06. The highest BCUT2D eigenvalue weighted by atomic mass is 35.5. The molecule has 0 heterocycles. The van der Waals surface area contributed by atoms with Gasteiger partial charge in [-0.25, -0.2) is 4.39 Å². The lowest BCUT2D eigenvalue weighted by Gasteiger charge is -2.21. The Labute approximate surface area is 131 Å². The molecular formula is C18H21ClFN. The van der Waals surface area contributed by atoms with Gasteiger partial charge in [0.1, 0.15) is 5.82 Å². The molecule has 1 N–H and O–H groups in total. The fourth-order valence-corrected chi connectivity index (χ4v) is 2.77. The van der Waals surface area contributed by atoms with Crippen molar-refractivity contribution in [2.24, 2.45) is 0 Å². The van der Waals surface area contributed by atoms with Gasteiger partial charge in [-0.1, -0.05) is 53.9 Å². The first-order valence-corrected chi connectivity index (χ1v) is 7.65. The summed E-state index contributed by atoms with van der Waals surface area (Å²) >= 11 is 5.86. The standard InChI is InChI=1S/C18H21ClFN/c1-4-7-21-18(14-9-12(2)8-13(3)10-14)16-6-5-15(19)11-17(16)20/h5-6,8-11,18,21H,4,7H2,1-3H3. The van der Waals surface area contributed by atoms with Gasteiger partial charge in [0.2, 0.25) is 0 Å². The molecule has 0 amide bonds. The lowest BCUT2D eigenvalue weighted by molar-refractivity contribution is 0.546. The van der Waals surface area contributed by atoms with Gasteiger partial charge < -0.3 is 5.32 Å². The van der Waals surface area contributed by atoms with Gasteiger partial charge >= 0.3 is 0 Å². The van der Waals surface area contributed by atoms with Crippen LogP contribution in [0.25, 0.3) is 0 Å². The molecule has 1 atom stereocenters. The molecule has 21 heavy (non-hydrogen) atoms. The number of hydrogen-bond acceptors (Lipinski definition) is 1. The average Bonchev–Trinajstić information content (AvgIpc) is 2.40. The second kappa shape index (κ2) is 7.06. The zero-order valence-electron chi connectivity index (χ0n) is 12.7. The molecule has 0 fully saturated rings. The lowest BCUT2D eigenvalue weighted by Crippen LogP contribution is -2.24. The van der Waals surface area contributed by atoms with Gasteiger partial charge in [-0.2, -0.15) is 0 Å². The normalized spacial score (nSPS) is 12.4. The van der Waals surface area contributed by atoms with E-state index in [-0.39, 0.29) is 11.9 Å². The van der Waals surface area contributed by atoms with Crippen LogP contribution >= 0.6 is 11.6 Å². The van der Waals surface area contributed by atoms with Crippen LogP contribution in [0.5, 0.6) is 0 Å². The van der Waals surface area contributed by atoms with Crippen LogP contribution in [0, 0.1) is 19.7 Å².